The van der Waals surface area contributed by atoms with Crippen LogP contribution in [-0.2, 0) is 4.79 Å². The summed E-state index contributed by atoms with van der Waals surface area (Å²) in [4.78, 5) is 26.7. The van der Waals surface area contributed by atoms with Gasteiger partial charge in [0.05, 0.1) is 22.3 Å². The molecule has 160 valence electrons. The fourth-order valence-electron chi connectivity index (χ4n) is 3.79. The van der Waals surface area contributed by atoms with Crippen LogP contribution in [0.5, 0.6) is 0 Å². The van der Waals surface area contributed by atoms with Crippen molar-refractivity contribution in [3.63, 3.8) is 0 Å². The first-order chi connectivity index (χ1) is 15.0. The number of rotatable bonds is 6. The molecule has 1 aromatic heterocycles. The van der Waals surface area contributed by atoms with Crippen LogP contribution in [0.2, 0.25) is 0 Å². The zero-order valence-electron chi connectivity index (χ0n) is 17.1. The molecule has 0 atom stereocenters. The lowest BCUT2D eigenvalue weighted by atomic mass is 10.1. The molecule has 1 heterocycles. The molecule has 3 aromatic rings. The van der Waals surface area contributed by atoms with Gasteiger partial charge in [-0.1, -0.05) is 31.0 Å². The molecule has 4 rings (SSSR count). The van der Waals surface area contributed by atoms with E-state index in [1.165, 1.54) is 30.5 Å². The third-order valence-corrected chi connectivity index (χ3v) is 6.95. The third-order valence-electron chi connectivity index (χ3n) is 5.46. The van der Waals surface area contributed by atoms with E-state index in [-0.39, 0.29) is 11.6 Å². The maximum Gasteiger partial charge on any atom is 0.259 e. The van der Waals surface area contributed by atoms with Crippen LogP contribution in [0.25, 0.3) is 0 Å². The summed E-state index contributed by atoms with van der Waals surface area (Å²) in [5.41, 5.74) is 0.767. The van der Waals surface area contributed by atoms with E-state index in [9.17, 15) is 14.0 Å². The Morgan fingerprint density at radius 2 is 1.77 bits per heavy atom. The molecule has 0 radical (unpaired) electrons. The molecule has 0 bridgehead atoms. The zero-order chi connectivity index (χ0) is 21.8. The van der Waals surface area contributed by atoms with Gasteiger partial charge in [-0.05, 0) is 56.2 Å². The highest BCUT2D eigenvalue weighted by molar-refractivity contribution is 8.01. The molecule has 1 fully saturated rings. The van der Waals surface area contributed by atoms with Gasteiger partial charge in [0, 0.05) is 10.6 Å². The minimum Gasteiger partial charge on any atom is -0.469 e. The first kappa shape index (κ1) is 21.2. The van der Waals surface area contributed by atoms with Crippen LogP contribution in [0.3, 0.4) is 0 Å². The van der Waals surface area contributed by atoms with Crippen molar-refractivity contribution < 1.29 is 18.4 Å². The quantitative estimate of drug-likeness (QED) is 0.493. The van der Waals surface area contributed by atoms with Crippen molar-refractivity contribution in [3.05, 3.63) is 78.0 Å². The average molecular weight is 439 g/mol. The molecule has 31 heavy (non-hydrogen) atoms. The molecule has 0 saturated heterocycles. The van der Waals surface area contributed by atoms with Gasteiger partial charge in [0.1, 0.15) is 11.6 Å². The highest BCUT2D eigenvalue weighted by atomic mass is 32.2. The Kier molecular flexibility index (Phi) is 6.13. The van der Waals surface area contributed by atoms with Crippen molar-refractivity contribution in [2.24, 2.45) is 0 Å². The van der Waals surface area contributed by atoms with E-state index in [0.29, 0.717) is 17.0 Å². The number of aryl methyl sites for hydroxylation is 1. The lowest BCUT2D eigenvalue weighted by Crippen LogP contribution is -2.37. The summed E-state index contributed by atoms with van der Waals surface area (Å²) >= 11 is 1.58. The molecule has 7 heteroatoms. The molecule has 0 spiro atoms. The van der Waals surface area contributed by atoms with Crippen molar-refractivity contribution in [3.8, 4) is 0 Å². The number of carbonyl (C=O) groups is 2. The van der Waals surface area contributed by atoms with Crippen molar-refractivity contribution in [2.45, 2.75) is 42.2 Å². The number of thioether (sulfide) groups is 1. The summed E-state index contributed by atoms with van der Waals surface area (Å²) in [6, 6.07) is 15.6. The lowest BCUT2D eigenvalue weighted by molar-refractivity contribution is -0.118. The van der Waals surface area contributed by atoms with Gasteiger partial charge in [-0.3, -0.25) is 9.59 Å². The van der Waals surface area contributed by atoms with Crippen molar-refractivity contribution >= 4 is 35.0 Å². The second kappa shape index (κ2) is 8.98. The number of amides is 2. The van der Waals surface area contributed by atoms with Gasteiger partial charge in [0.25, 0.3) is 5.91 Å². The topological polar surface area (TPSA) is 71.3 Å². The predicted molar refractivity (Wildman–Crippen MR) is 120 cm³/mol. The molecule has 2 amide bonds. The van der Waals surface area contributed by atoms with Crippen LogP contribution in [0.1, 0.15) is 41.8 Å². The SMILES string of the molecule is Cc1occc1C(=O)Nc1cc(NC(=O)C2(Sc3ccccc3)CCCC2)ccc1F. The molecule has 1 aliphatic rings. The molecular weight excluding hydrogens is 415 g/mol. The molecular formula is C24H23FN2O3S. The fraction of sp³-hybridized carbons (Fsp3) is 0.250. The third kappa shape index (κ3) is 4.66. The van der Waals surface area contributed by atoms with E-state index in [0.717, 1.165) is 30.6 Å². The Bertz CT molecular complexity index is 1090. The maximum atomic E-state index is 14.3. The van der Waals surface area contributed by atoms with E-state index in [4.69, 9.17) is 4.42 Å². The second-order valence-corrected chi connectivity index (χ2v) is 9.07. The standard InChI is InChI=1S/C24H23FN2O3S/c1-16-19(11-14-30-16)22(28)27-21-15-17(9-10-20(21)25)26-23(29)24(12-5-6-13-24)31-18-7-3-2-4-8-18/h2-4,7-11,14-15H,5-6,12-13H2,1H3,(H,26,29)(H,27,28). The summed E-state index contributed by atoms with van der Waals surface area (Å²) < 4.78 is 18.9. The first-order valence-electron chi connectivity index (χ1n) is 10.2. The number of nitrogens with one attached hydrogen (secondary N) is 2. The molecule has 0 unspecified atom stereocenters. The number of hydrogen-bond donors (Lipinski definition) is 2. The van der Waals surface area contributed by atoms with Crippen molar-refractivity contribution in [1.29, 1.82) is 0 Å². The molecule has 0 aliphatic heterocycles. The number of anilines is 2. The lowest BCUT2D eigenvalue weighted by Gasteiger charge is -2.27. The van der Waals surface area contributed by atoms with E-state index < -0.39 is 16.5 Å². The Labute approximate surface area is 184 Å². The van der Waals surface area contributed by atoms with Gasteiger partial charge in [0.2, 0.25) is 5.91 Å². The van der Waals surface area contributed by atoms with Gasteiger partial charge >= 0.3 is 0 Å². The van der Waals surface area contributed by atoms with Gasteiger partial charge in [-0.2, -0.15) is 0 Å². The number of benzene rings is 2. The van der Waals surface area contributed by atoms with E-state index in [2.05, 4.69) is 10.6 Å². The first-order valence-corrected chi connectivity index (χ1v) is 11.0. The van der Waals surface area contributed by atoms with Gasteiger partial charge in [0.15, 0.2) is 0 Å². The molecule has 5 nitrogen and oxygen atoms in total. The van der Waals surface area contributed by atoms with Gasteiger partial charge in [-0.15, -0.1) is 11.8 Å². The summed E-state index contributed by atoms with van der Waals surface area (Å²) in [6.45, 7) is 1.66. The van der Waals surface area contributed by atoms with Gasteiger partial charge < -0.3 is 15.1 Å². The Balaban J connectivity index is 1.52. The Morgan fingerprint density at radius 3 is 2.45 bits per heavy atom. The van der Waals surface area contributed by atoms with E-state index >= 15 is 0 Å². The zero-order valence-corrected chi connectivity index (χ0v) is 17.9. The highest BCUT2D eigenvalue weighted by Gasteiger charge is 2.42. The summed E-state index contributed by atoms with van der Waals surface area (Å²) in [5.74, 6) is -0.709. The Morgan fingerprint density at radius 1 is 1.03 bits per heavy atom. The van der Waals surface area contributed by atoms with Crippen LogP contribution in [0, 0.1) is 12.7 Å². The number of carbonyl (C=O) groups excluding carboxylic acids is 2. The molecule has 1 aliphatic carbocycles. The number of halogens is 1. The van der Waals surface area contributed by atoms with Gasteiger partial charge in [-0.25, -0.2) is 4.39 Å². The fourth-order valence-corrected chi connectivity index (χ4v) is 5.17. The molecule has 2 aromatic carbocycles. The van der Waals surface area contributed by atoms with Crippen LogP contribution in [0.4, 0.5) is 15.8 Å². The van der Waals surface area contributed by atoms with Crippen molar-refractivity contribution in [1.82, 2.24) is 0 Å². The average Bonchev–Trinajstić information content (AvgIpc) is 3.41. The summed E-state index contributed by atoms with van der Waals surface area (Å²) in [6.07, 6.45) is 4.94. The summed E-state index contributed by atoms with van der Waals surface area (Å²) in [7, 11) is 0. The smallest absolute Gasteiger partial charge is 0.259 e. The number of furan rings is 1. The minimum atomic E-state index is -0.582. The van der Waals surface area contributed by atoms with Crippen LogP contribution in [-0.4, -0.2) is 16.6 Å². The van der Waals surface area contributed by atoms with E-state index in [1.807, 2.05) is 30.3 Å². The normalized spacial score (nSPS) is 14.9. The highest BCUT2D eigenvalue weighted by Crippen LogP contribution is 2.46. The second-order valence-electron chi connectivity index (χ2n) is 7.61. The van der Waals surface area contributed by atoms with Crippen LogP contribution < -0.4 is 10.6 Å². The van der Waals surface area contributed by atoms with Crippen LogP contribution >= 0.6 is 11.8 Å². The summed E-state index contributed by atoms with van der Waals surface area (Å²) in [5, 5.41) is 5.49. The van der Waals surface area contributed by atoms with E-state index in [1.54, 1.807) is 18.7 Å². The molecule has 1 saturated carbocycles. The van der Waals surface area contributed by atoms with Crippen LogP contribution in [0.15, 0.2) is 70.2 Å². The maximum absolute atomic E-state index is 14.3. The predicted octanol–water partition coefficient (Wildman–Crippen LogP) is 6.02. The monoisotopic (exact) mass is 438 g/mol. The Hall–Kier alpha value is -3.06. The largest absolute Gasteiger partial charge is 0.469 e. The number of hydrogen-bond acceptors (Lipinski definition) is 4. The molecule has 2 N–H and O–H groups in total. The minimum absolute atomic E-state index is 0.000385. The van der Waals surface area contributed by atoms with Crippen molar-refractivity contribution in [2.75, 3.05) is 10.6 Å².